The Morgan fingerprint density at radius 3 is 2.00 bits per heavy atom. The predicted molar refractivity (Wildman–Crippen MR) is 66.3 cm³/mol. The van der Waals surface area contributed by atoms with Crippen LogP contribution < -0.4 is 0 Å². The molecule has 1 heteroatoms. The van der Waals surface area contributed by atoms with E-state index in [1.807, 2.05) is 12.4 Å². The highest BCUT2D eigenvalue weighted by Crippen LogP contribution is 2.29. The largest absolute Gasteiger partial charge is 0.264 e. The molecule has 0 aliphatic rings. The fourth-order valence-electron chi connectivity index (χ4n) is 1.42. The van der Waals surface area contributed by atoms with Gasteiger partial charge in [0.05, 0.1) is 0 Å². The van der Waals surface area contributed by atoms with Crippen molar-refractivity contribution in [3.8, 4) is 0 Å². The van der Waals surface area contributed by atoms with Gasteiger partial charge in [0.15, 0.2) is 0 Å². The van der Waals surface area contributed by atoms with Gasteiger partial charge in [-0.2, -0.15) is 0 Å². The molecule has 0 saturated heterocycles. The second-order valence-corrected chi connectivity index (χ2v) is 5.95. The Morgan fingerprint density at radius 1 is 1.00 bits per heavy atom. The van der Waals surface area contributed by atoms with Crippen LogP contribution in [0.2, 0.25) is 0 Å². The van der Waals surface area contributed by atoms with E-state index in [1.165, 1.54) is 11.1 Å². The summed E-state index contributed by atoms with van der Waals surface area (Å²) in [5.74, 6) is 0. The topological polar surface area (TPSA) is 12.9 Å². The van der Waals surface area contributed by atoms with E-state index >= 15 is 0 Å². The molecule has 0 aliphatic heterocycles. The first-order valence-corrected chi connectivity index (χ1v) is 5.73. The molecule has 1 nitrogen and oxygen atoms in total. The highest BCUT2D eigenvalue weighted by Gasteiger charge is 2.21. The van der Waals surface area contributed by atoms with E-state index in [0.29, 0.717) is 0 Å². The second-order valence-electron chi connectivity index (χ2n) is 5.95. The molecule has 0 fully saturated rings. The highest BCUT2D eigenvalue weighted by molar-refractivity contribution is 5.28. The molecule has 84 valence electrons. The summed E-state index contributed by atoms with van der Waals surface area (Å²) in [4.78, 5) is 4.37. The average molecular weight is 205 g/mol. The van der Waals surface area contributed by atoms with Crippen LogP contribution >= 0.6 is 0 Å². The van der Waals surface area contributed by atoms with Crippen molar-refractivity contribution in [2.24, 2.45) is 0 Å². The van der Waals surface area contributed by atoms with Gasteiger partial charge in [-0.1, -0.05) is 47.6 Å². The van der Waals surface area contributed by atoms with Gasteiger partial charge >= 0.3 is 0 Å². The van der Waals surface area contributed by atoms with Crippen molar-refractivity contribution in [2.75, 3.05) is 0 Å². The Balaban J connectivity index is 3.14. The van der Waals surface area contributed by atoms with Gasteiger partial charge in [-0.05, 0) is 28.4 Å². The van der Waals surface area contributed by atoms with Gasteiger partial charge in [0, 0.05) is 12.4 Å². The minimum atomic E-state index is 0.187. The van der Waals surface area contributed by atoms with Gasteiger partial charge < -0.3 is 0 Å². The number of hydrogen-bond donors (Lipinski definition) is 0. The summed E-state index contributed by atoms with van der Waals surface area (Å²) in [7, 11) is 0. The minimum Gasteiger partial charge on any atom is -0.264 e. The fraction of sp³-hybridized carbons (Fsp3) is 0.643. The maximum Gasteiger partial charge on any atom is 0.0305 e. The SMILES string of the molecule is CCC(C)(C)c1cncc(C(C)(C)C)c1. The molecule has 1 aromatic heterocycles. The van der Waals surface area contributed by atoms with Gasteiger partial charge in [0.2, 0.25) is 0 Å². The van der Waals surface area contributed by atoms with Crippen molar-refractivity contribution in [2.45, 2.75) is 58.8 Å². The molecule has 0 unspecified atom stereocenters. The van der Waals surface area contributed by atoms with Crippen molar-refractivity contribution >= 4 is 0 Å². The molecule has 1 rings (SSSR count). The number of hydrogen-bond acceptors (Lipinski definition) is 1. The maximum absolute atomic E-state index is 4.37. The summed E-state index contributed by atoms with van der Waals surface area (Å²) in [5.41, 5.74) is 3.08. The molecule has 1 heterocycles. The van der Waals surface area contributed by atoms with Gasteiger partial charge in [-0.15, -0.1) is 0 Å². The molecule has 15 heavy (non-hydrogen) atoms. The van der Waals surface area contributed by atoms with Crippen LogP contribution in [0.5, 0.6) is 0 Å². The van der Waals surface area contributed by atoms with Crippen LogP contribution in [-0.4, -0.2) is 4.98 Å². The Morgan fingerprint density at radius 2 is 1.53 bits per heavy atom. The quantitative estimate of drug-likeness (QED) is 0.709. The third-order valence-electron chi connectivity index (χ3n) is 3.27. The van der Waals surface area contributed by atoms with Crippen LogP contribution in [0.1, 0.15) is 59.1 Å². The lowest BCUT2D eigenvalue weighted by Gasteiger charge is -2.26. The van der Waals surface area contributed by atoms with Crippen LogP contribution in [-0.2, 0) is 10.8 Å². The molecule has 0 aromatic carbocycles. The standard InChI is InChI=1S/C14H23N/c1-7-14(5,6)12-8-11(9-15-10-12)13(2,3)4/h8-10H,7H2,1-6H3. The molecule has 0 spiro atoms. The fourth-order valence-corrected chi connectivity index (χ4v) is 1.42. The summed E-state index contributed by atoms with van der Waals surface area (Å²) < 4.78 is 0. The Hall–Kier alpha value is -0.850. The van der Waals surface area contributed by atoms with Crippen LogP contribution in [0.3, 0.4) is 0 Å². The zero-order chi connectivity index (χ0) is 11.7. The van der Waals surface area contributed by atoms with Gasteiger partial charge in [0.25, 0.3) is 0 Å². The third kappa shape index (κ3) is 2.80. The molecule has 0 aliphatic carbocycles. The summed E-state index contributed by atoms with van der Waals surface area (Å²) in [6, 6.07) is 2.30. The van der Waals surface area contributed by atoms with Crippen molar-refractivity contribution in [1.29, 1.82) is 0 Å². The molecule has 0 N–H and O–H groups in total. The molecule has 0 saturated carbocycles. The second kappa shape index (κ2) is 3.96. The normalized spacial score (nSPS) is 12.9. The Bertz CT molecular complexity index is 331. The monoisotopic (exact) mass is 205 g/mol. The molecular weight excluding hydrogens is 182 g/mol. The van der Waals surface area contributed by atoms with E-state index in [0.717, 1.165) is 6.42 Å². The van der Waals surface area contributed by atoms with Gasteiger partial charge in [-0.25, -0.2) is 0 Å². The van der Waals surface area contributed by atoms with Crippen LogP contribution in [0.15, 0.2) is 18.5 Å². The first kappa shape index (κ1) is 12.2. The van der Waals surface area contributed by atoms with Crippen LogP contribution in [0.25, 0.3) is 0 Å². The van der Waals surface area contributed by atoms with Crippen LogP contribution in [0.4, 0.5) is 0 Å². The number of pyridine rings is 1. The molecule has 1 aromatic rings. The zero-order valence-electron chi connectivity index (χ0n) is 10.9. The van der Waals surface area contributed by atoms with E-state index in [9.17, 15) is 0 Å². The van der Waals surface area contributed by atoms with E-state index < -0.39 is 0 Å². The molecule has 0 atom stereocenters. The molecule has 0 amide bonds. The summed E-state index contributed by atoms with van der Waals surface area (Å²) >= 11 is 0. The molecular formula is C14H23N. The predicted octanol–water partition coefficient (Wildman–Crippen LogP) is 4.07. The average Bonchev–Trinajstić information content (AvgIpc) is 2.17. The Labute approximate surface area is 93.9 Å². The maximum atomic E-state index is 4.37. The first-order chi connectivity index (χ1) is 6.77. The lowest BCUT2D eigenvalue weighted by Crippen LogP contribution is -2.18. The first-order valence-electron chi connectivity index (χ1n) is 5.73. The zero-order valence-corrected chi connectivity index (χ0v) is 10.9. The van der Waals surface area contributed by atoms with E-state index in [4.69, 9.17) is 0 Å². The van der Waals surface area contributed by atoms with E-state index in [-0.39, 0.29) is 10.8 Å². The van der Waals surface area contributed by atoms with Crippen molar-refractivity contribution < 1.29 is 0 Å². The van der Waals surface area contributed by atoms with Gasteiger partial charge in [0.1, 0.15) is 0 Å². The van der Waals surface area contributed by atoms with E-state index in [2.05, 4.69) is 52.6 Å². The summed E-state index contributed by atoms with van der Waals surface area (Å²) in [6.07, 6.45) is 5.12. The lowest BCUT2D eigenvalue weighted by molar-refractivity contribution is 0.499. The van der Waals surface area contributed by atoms with Crippen molar-refractivity contribution in [3.63, 3.8) is 0 Å². The third-order valence-corrected chi connectivity index (χ3v) is 3.27. The Kier molecular flexibility index (Phi) is 3.22. The van der Waals surface area contributed by atoms with E-state index in [1.54, 1.807) is 0 Å². The molecule has 0 radical (unpaired) electrons. The smallest absolute Gasteiger partial charge is 0.0305 e. The van der Waals surface area contributed by atoms with Crippen LogP contribution in [0, 0.1) is 0 Å². The van der Waals surface area contributed by atoms with Gasteiger partial charge in [-0.3, -0.25) is 4.98 Å². The summed E-state index contributed by atoms with van der Waals surface area (Å²) in [6.45, 7) is 13.5. The summed E-state index contributed by atoms with van der Waals surface area (Å²) in [5, 5.41) is 0. The highest BCUT2D eigenvalue weighted by atomic mass is 14.6. The minimum absolute atomic E-state index is 0.187. The number of nitrogens with zero attached hydrogens (tertiary/aromatic N) is 1. The van der Waals surface area contributed by atoms with Crippen molar-refractivity contribution in [3.05, 3.63) is 29.6 Å². The molecule has 0 bridgehead atoms. The number of aromatic nitrogens is 1. The number of rotatable bonds is 2. The lowest BCUT2D eigenvalue weighted by atomic mass is 9.80. The van der Waals surface area contributed by atoms with Crippen molar-refractivity contribution in [1.82, 2.24) is 4.98 Å².